The minimum Gasteiger partial charge on any atom is -0.481 e. The number of nitrogens with zero attached hydrogens (tertiary/aromatic N) is 1. The van der Waals surface area contributed by atoms with Crippen molar-refractivity contribution in [2.45, 2.75) is 58.7 Å². The highest BCUT2D eigenvalue weighted by Gasteiger charge is 2.35. The molecule has 0 saturated carbocycles. The Morgan fingerprint density at radius 1 is 1.29 bits per heavy atom. The van der Waals surface area contributed by atoms with Crippen LogP contribution in [0.25, 0.3) is 0 Å². The number of hydrogen-bond donors (Lipinski definition) is 2. The van der Waals surface area contributed by atoms with E-state index in [1.807, 2.05) is 27.7 Å². The fourth-order valence-corrected chi connectivity index (χ4v) is 2.42. The second kappa shape index (κ2) is 9.00. The van der Waals surface area contributed by atoms with E-state index < -0.39 is 18.1 Å². The van der Waals surface area contributed by atoms with E-state index in [-0.39, 0.29) is 30.2 Å². The monoisotopic (exact) mass is 302 g/mol. The Morgan fingerprint density at radius 3 is 2.14 bits per heavy atom. The summed E-state index contributed by atoms with van der Waals surface area (Å²) in [6.07, 6.45) is 0.129. The van der Waals surface area contributed by atoms with Gasteiger partial charge in [-0.2, -0.15) is 0 Å². The van der Waals surface area contributed by atoms with Crippen molar-refractivity contribution in [1.29, 1.82) is 0 Å². The first-order valence-corrected chi connectivity index (χ1v) is 7.44. The van der Waals surface area contributed by atoms with Gasteiger partial charge in [0, 0.05) is 14.2 Å². The maximum absolute atomic E-state index is 12.5. The highest BCUT2D eigenvalue weighted by molar-refractivity contribution is 5.82. The fraction of sp³-hybridized carbons (Fsp3) is 0.867. The van der Waals surface area contributed by atoms with Gasteiger partial charge in [0.2, 0.25) is 5.91 Å². The molecule has 0 unspecified atom stereocenters. The number of ether oxygens (including phenoxy) is 1. The van der Waals surface area contributed by atoms with Crippen molar-refractivity contribution in [3.05, 3.63) is 0 Å². The number of carboxylic acid groups (broad SMARTS) is 1. The molecule has 124 valence electrons. The molecule has 0 aromatic heterocycles. The molecule has 0 aromatic carbocycles. The van der Waals surface area contributed by atoms with Gasteiger partial charge in [0.05, 0.1) is 24.6 Å². The highest BCUT2D eigenvalue weighted by Crippen LogP contribution is 2.22. The summed E-state index contributed by atoms with van der Waals surface area (Å²) in [5.74, 6) is -0.979. The average molecular weight is 302 g/mol. The van der Waals surface area contributed by atoms with Crippen molar-refractivity contribution >= 4 is 11.9 Å². The van der Waals surface area contributed by atoms with Crippen molar-refractivity contribution in [2.24, 2.45) is 17.6 Å². The van der Waals surface area contributed by atoms with Crippen LogP contribution in [0.5, 0.6) is 0 Å². The summed E-state index contributed by atoms with van der Waals surface area (Å²) in [5, 5.41) is 9.03. The molecule has 0 spiro atoms. The van der Waals surface area contributed by atoms with Crippen LogP contribution in [0.2, 0.25) is 0 Å². The van der Waals surface area contributed by atoms with Crippen molar-refractivity contribution in [1.82, 2.24) is 4.90 Å². The second-order valence-electron chi connectivity index (χ2n) is 5.97. The van der Waals surface area contributed by atoms with Crippen molar-refractivity contribution in [3.8, 4) is 0 Å². The number of carbonyl (C=O) groups is 2. The third-order valence-electron chi connectivity index (χ3n) is 4.08. The van der Waals surface area contributed by atoms with E-state index in [0.717, 1.165) is 6.42 Å². The zero-order valence-corrected chi connectivity index (χ0v) is 14.0. The zero-order chi connectivity index (χ0) is 16.7. The van der Waals surface area contributed by atoms with Crippen molar-refractivity contribution in [2.75, 3.05) is 14.2 Å². The summed E-state index contributed by atoms with van der Waals surface area (Å²) in [4.78, 5) is 25.0. The molecule has 0 bridgehead atoms. The van der Waals surface area contributed by atoms with Crippen molar-refractivity contribution < 1.29 is 19.4 Å². The standard InChI is InChI=1S/C15H30N2O4/c1-7-10(4)14(11(21-6)8-12(18)19)17(5)15(20)13(16)9(2)3/h9-11,13-14H,7-8,16H2,1-6H3,(H,18,19)/t10-,11+,13-,14-/m0/s1. The van der Waals surface area contributed by atoms with Gasteiger partial charge in [0.25, 0.3) is 0 Å². The lowest BCUT2D eigenvalue weighted by atomic mass is 9.90. The molecule has 0 aromatic rings. The van der Waals surface area contributed by atoms with Gasteiger partial charge in [-0.15, -0.1) is 0 Å². The van der Waals surface area contributed by atoms with Crippen molar-refractivity contribution in [3.63, 3.8) is 0 Å². The Labute approximate surface area is 127 Å². The van der Waals surface area contributed by atoms with Crippen LogP contribution in [0.1, 0.15) is 40.5 Å². The number of carbonyl (C=O) groups excluding carboxylic acids is 1. The van der Waals surface area contributed by atoms with Gasteiger partial charge >= 0.3 is 5.97 Å². The Kier molecular flexibility index (Phi) is 8.51. The average Bonchev–Trinajstić information content (AvgIpc) is 2.43. The maximum atomic E-state index is 12.5. The number of carboxylic acids is 1. The number of rotatable bonds is 9. The van der Waals surface area contributed by atoms with E-state index in [0.29, 0.717) is 0 Å². The molecule has 6 nitrogen and oxygen atoms in total. The van der Waals surface area contributed by atoms with Gasteiger partial charge in [-0.25, -0.2) is 0 Å². The SMILES string of the molecule is CC[C@H](C)[C@@H]([C@@H](CC(=O)O)OC)N(C)C(=O)[C@@H](N)C(C)C. The number of aliphatic carboxylic acids is 1. The normalized spacial score (nSPS) is 17.1. The van der Waals surface area contributed by atoms with Gasteiger partial charge in [-0.05, 0) is 11.8 Å². The van der Waals surface area contributed by atoms with E-state index in [2.05, 4.69) is 0 Å². The molecule has 0 heterocycles. The largest absolute Gasteiger partial charge is 0.481 e. The Balaban J connectivity index is 5.30. The van der Waals surface area contributed by atoms with Gasteiger partial charge in [0.15, 0.2) is 0 Å². The molecule has 0 rings (SSSR count). The minimum atomic E-state index is -0.941. The zero-order valence-electron chi connectivity index (χ0n) is 14.0. The van der Waals surface area contributed by atoms with Crippen LogP contribution < -0.4 is 5.73 Å². The van der Waals surface area contributed by atoms with Gasteiger partial charge in [0.1, 0.15) is 0 Å². The van der Waals surface area contributed by atoms with Crippen LogP contribution in [-0.4, -0.2) is 54.2 Å². The Morgan fingerprint density at radius 2 is 1.81 bits per heavy atom. The highest BCUT2D eigenvalue weighted by atomic mass is 16.5. The lowest BCUT2D eigenvalue weighted by Crippen LogP contribution is -2.55. The predicted octanol–water partition coefficient (Wildman–Crippen LogP) is 1.33. The van der Waals surface area contributed by atoms with Gasteiger partial charge in [-0.1, -0.05) is 34.1 Å². The van der Waals surface area contributed by atoms with Crippen LogP contribution in [0.15, 0.2) is 0 Å². The van der Waals surface area contributed by atoms with E-state index in [1.165, 1.54) is 7.11 Å². The molecule has 1 amide bonds. The molecular weight excluding hydrogens is 272 g/mol. The number of amides is 1. The number of methoxy groups -OCH3 is 1. The van der Waals surface area contributed by atoms with Crippen LogP contribution in [-0.2, 0) is 14.3 Å². The Bertz CT molecular complexity index is 347. The van der Waals surface area contributed by atoms with Gasteiger partial charge in [-0.3, -0.25) is 9.59 Å². The van der Waals surface area contributed by atoms with Crippen LogP contribution in [0.3, 0.4) is 0 Å². The van der Waals surface area contributed by atoms with Gasteiger partial charge < -0.3 is 20.5 Å². The molecule has 6 heteroatoms. The van der Waals surface area contributed by atoms with Crippen LogP contribution in [0.4, 0.5) is 0 Å². The lowest BCUT2D eigenvalue weighted by molar-refractivity contribution is -0.146. The van der Waals surface area contributed by atoms with Crippen LogP contribution >= 0.6 is 0 Å². The first-order chi connectivity index (χ1) is 9.67. The van der Waals surface area contributed by atoms with Crippen LogP contribution in [0, 0.1) is 11.8 Å². The summed E-state index contributed by atoms with van der Waals surface area (Å²) in [7, 11) is 3.15. The number of nitrogens with two attached hydrogens (primary N) is 1. The third-order valence-corrected chi connectivity index (χ3v) is 4.08. The summed E-state index contributed by atoms with van der Waals surface area (Å²) in [6.45, 7) is 7.77. The number of likely N-dealkylation sites (N-methyl/N-ethyl adjacent to an activating group) is 1. The molecule has 4 atom stereocenters. The summed E-state index contributed by atoms with van der Waals surface area (Å²) in [6, 6.07) is -0.905. The molecule has 0 fully saturated rings. The summed E-state index contributed by atoms with van der Waals surface area (Å²) in [5.41, 5.74) is 5.93. The lowest BCUT2D eigenvalue weighted by Gasteiger charge is -2.38. The molecule has 0 aliphatic rings. The summed E-state index contributed by atoms with van der Waals surface area (Å²) < 4.78 is 5.34. The molecule has 0 aliphatic carbocycles. The maximum Gasteiger partial charge on any atom is 0.306 e. The number of hydrogen-bond acceptors (Lipinski definition) is 4. The van der Waals surface area contributed by atoms with E-state index in [4.69, 9.17) is 15.6 Å². The minimum absolute atomic E-state index is 0.0259. The predicted molar refractivity (Wildman–Crippen MR) is 81.9 cm³/mol. The fourth-order valence-electron chi connectivity index (χ4n) is 2.42. The third kappa shape index (κ3) is 5.63. The molecule has 0 aliphatic heterocycles. The van der Waals surface area contributed by atoms with E-state index in [1.54, 1.807) is 11.9 Å². The van der Waals surface area contributed by atoms with E-state index >= 15 is 0 Å². The quantitative estimate of drug-likeness (QED) is 0.670. The summed E-state index contributed by atoms with van der Waals surface area (Å²) >= 11 is 0. The van der Waals surface area contributed by atoms with E-state index in [9.17, 15) is 9.59 Å². The Hall–Kier alpha value is -1.14. The second-order valence-corrected chi connectivity index (χ2v) is 5.97. The molecule has 0 saturated heterocycles. The molecule has 0 radical (unpaired) electrons. The molecule has 21 heavy (non-hydrogen) atoms. The first kappa shape index (κ1) is 19.9. The smallest absolute Gasteiger partial charge is 0.306 e. The molecular formula is C15H30N2O4. The molecule has 3 N–H and O–H groups in total. The topological polar surface area (TPSA) is 92.9 Å². The first-order valence-electron chi connectivity index (χ1n) is 7.44.